The average Bonchev–Trinajstić information content (AvgIpc) is 2.29. The van der Waals surface area contributed by atoms with Crippen molar-refractivity contribution in [1.29, 1.82) is 0 Å². The normalized spacial score (nSPS) is 11.4. The van der Waals surface area contributed by atoms with E-state index in [1.54, 1.807) is 24.5 Å². The van der Waals surface area contributed by atoms with Crippen molar-refractivity contribution in [2.45, 2.75) is 5.75 Å². The van der Waals surface area contributed by atoms with E-state index in [0.717, 1.165) is 11.1 Å². The zero-order chi connectivity index (χ0) is 12.3. The molecule has 88 valence electrons. The standard InChI is InChI=1S/C12H11NO3S/c14-17(15,16)9-10-1-3-11(4-2-10)12-5-7-13-8-6-12/h1-8H,9H2,(H,14,15,16). The van der Waals surface area contributed by atoms with E-state index in [2.05, 4.69) is 4.98 Å². The van der Waals surface area contributed by atoms with Crippen molar-refractivity contribution in [3.63, 3.8) is 0 Å². The molecule has 0 bridgehead atoms. The predicted molar refractivity (Wildman–Crippen MR) is 64.9 cm³/mol. The lowest BCUT2D eigenvalue weighted by atomic mass is 10.1. The molecule has 0 spiro atoms. The smallest absolute Gasteiger partial charge is 0.269 e. The maximum atomic E-state index is 10.7. The number of benzene rings is 1. The third-order valence-electron chi connectivity index (χ3n) is 2.32. The van der Waals surface area contributed by atoms with Crippen molar-refractivity contribution in [3.05, 3.63) is 54.4 Å². The van der Waals surface area contributed by atoms with Gasteiger partial charge in [0.2, 0.25) is 0 Å². The first-order valence-electron chi connectivity index (χ1n) is 4.99. The molecule has 0 saturated heterocycles. The maximum absolute atomic E-state index is 10.7. The van der Waals surface area contributed by atoms with Crippen LogP contribution in [-0.2, 0) is 15.9 Å². The summed E-state index contributed by atoms with van der Waals surface area (Å²) in [5, 5.41) is 0. The number of hydrogen-bond donors (Lipinski definition) is 1. The van der Waals surface area contributed by atoms with Gasteiger partial charge in [-0.05, 0) is 28.8 Å². The van der Waals surface area contributed by atoms with Gasteiger partial charge in [-0.1, -0.05) is 24.3 Å². The van der Waals surface area contributed by atoms with Gasteiger partial charge in [-0.15, -0.1) is 0 Å². The van der Waals surface area contributed by atoms with Crippen LogP contribution in [0.5, 0.6) is 0 Å². The SMILES string of the molecule is O=S(=O)(O)Cc1ccc(-c2ccncc2)cc1. The molecular formula is C12H11NO3S. The lowest BCUT2D eigenvalue weighted by molar-refractivity contribution is 0.482. The Bertz CT molecular complexity index is 591. The molecule has 17 heavy (non-hydrogen) atoms. The summed E-state index contributed by atoms with van der Waals surface area (Å²) in [7, 11) is -3.96. The van der Waals surface area contributed by atoms with E-state index in [-0.39, 0.29) is 5.75 Å². The van der Waals surface area contributed by atoms with E-state index in [0.29, 0.717) is 5.56 Å². The summed E-state index contributed by atoms with van der Waals surface area (Å²) in [6.07, 6.45) is 3.39. The third kappa shape index (κ3) is 3.37. The molecule has 0 fully saturated rings. The van der Waals surface area contributed by atoms with Crippen LogP contribution in [0.2, 0.25) is 0 Å². The summed E-state index contributed by atoms with van der Waals surface area (Å²) in [6.45, 7) is 0. The van der Waals surface area contributed by atoms with Gasteiger partial charge in [-0.3, -0.25) is 9.54 Å². The molecule has 2 aromatic rings. The molecule has 2 rings (SSSR count). The van der Waals surface area contributed by atoms with Gasteiger partial charge < -0.3 is 0 Å². The van der Waals surface area contributed by atoms with Crippen LogP contribution in [0.25, 0.3) is 11.1 Å². The average molecular weight is 249 g/mol. The van der Waals surface area contributed by atoms with Gasteiger partial charge in [0.1, 0.15) is 5.75 Å². The van der Waals surface area contributed by atoms with Crippen LogP contribution < -0.4 is 0 Å². The Balaban J connectivity index is 2.25. The molecule has 5 heteroatoms. The maximum Gasteiger partial charge on any atom is 0.269 e. The lowest BCUT2D eigenvalue weighted by Crippen LogP contribution is -2.01. The van der Waals surface area contributed by atoms with Gasteiger partial charge >= 0.3 is 0 Å². The van der Waals surface area contributed by atoms with Crippen molar-refractivity contribution >= 4 is 10.1 Å². The highest BCUT2D eigenvalue weighted by Crippen LogP contribution is 2.19. The van der Waals surface area contributed by atoms with Gasteiger partial charge in [-0.25, -0.2) is 0 Å². The fourth-order valence-corrected chi connectivity index (χ4v) is 2.16. The summed E-state index contributed by atoms with van der Waals surface area (Å²) in [4.78, 5) is 3.92. The molecule has 0 atom stereocenters. The molecule has 1 aromatic carbocycles. The topological polar surface area (TPSA) is 67.3 Å². The predicted octanol–water partition coefficient (Wildman–Crippen LogP) is 2.14. The Hall–Kier alpha value is -1.72. The minimum atomic E-state index is -3.96. The molecule has 4 nitrogen and oxygen atoms in total. The van der Waals surface area contributed by atoms with E-state index in [4.69, 9.17) is 4.55 Å². The quantitative estimate of drug-likeness (QED) is 0.846. The lowest BCUT2D eigenvalue weighted by Gasteiger charge is -2.03. The number of aromatic nitrogens is 1. The van der Waals surface area contributed by atoms with Crippen molar-refractivity contribution in [1.82, 2.24) is 4.98 Å². The van der Waals surface area contributed by atoms with E-state index in [1.807, 2.05) is 24.3 Å². The first-order chi connectivity index (χ1) is 8.04. The molecule has 1 aromatic heterocycles. The first-order valence-corrected chi connectivity index (χ1v) is 6.60. The van der Waals surface area contributed by atoms with Crippen molar-refractivity contribution < 1.29 is 13.0 Å². The Labute approximate surface area is 99.7 Å². The van der Waals surface area contributed by atoms with Gasteiger partial charge in [-0.2, -0.15) is 8.42 Å². The summed E-state index contributed by atoms with van der Waals surface area (Å²) >= 11 is 0. The van der Waals surface area contributed by atoms with E-state index in [9.17, 15) is 8.42 Å². The van der Waals surface area contributed by atoms with Gasteiger partial charge in [0.05, 0.1) is 0 Å². The Morgan fingerprint density at radius 3 is 2.00 bits per heavy atom. The molecule has 0 aliphatic rings. The van der Waals surface area contributed by atoms with E-state index < -0.39 is 10.1 Å². The Morgan fingerprint density at radius 2 is 1.47 bits per heavy atom. The monoisotopic (exact) mass is 249 g/mol. The largest absolute Gasteiger partial charge is 0.285 e. The molecular weight excluding hydrogens is 238 g/mol. The molecule has 0 radical (unpaired) electrons. The highest BCUT2D eigenvalue weighted by atomic mass is 32.2. The van der Waals surface area contributed by atoms with Crippen LogP contribution in [0.4, 0.5) is 0 Å². The zero-order valence-electron chi connectivity index (χ0n) is 8.95. The zero-order valence-corrected chi connectivity index (χ0v) is 9.76. The van der Waals surface area contributed by atoms with Gasteiger partial charge in [0.25, 0.3) is 10.1 Å². The minimum Gasteiger partial charge on any atom is -0.285 e. The second-order valence-electron chi connectivity index (χ2n) is 3.66. The van der Waals surface area contributed by atoms with Crippen molar-refractivity contribution in [2.24, 2.45) is 0 Å². The Kier molecular flexibility index (Phi) is 3.21. The van der Waals surface area contributed by atoms with Crippen LogP contribution in [0.3, 0.4) is 0 Å². The number of hydrogen-bond acceptors (Lipinski definition) is 3. The molecule has 0 saturated carbocycles. The first kappa shape index (κ1) is 11.8. The number of rotatable bonds is 3. The second kappa shape index (κ2) is 4.65. The van der Waals surface area contributed by atoms with Crippen LogP contribution in [0.15, 0.2) is 48.8 Å². The van der Waals surface area contributed by atoms with E-state index >= 15 is 0 Å². The molecule has 0 unspecified atom stereocenters. The van der Waals surface area contributed by atoms with Crippen LogP contribution in [0, 0.1) is 0 Å². The molecule has 0 aliphatic heterocycles. The molecule has 0 amide bonds. The minimum absolute atomic E-state index is 0.358. The van der Waals surface area contributed by atoms with Gasteiger partial charge in [0.15, 0.2) is 0 Å². The highest BCUT2D eigenvalue weighted by Gasteiger charge is 2.06. The van der Waals surface area contributed by atoms with Gasteiger partial charge in [0, 0.05) is 12.4 Å². The van der Waals surface area contributed by atoms with E-state index in [1.165, 1.54) is 0 Å². The van der Waals surface area contributed by atoms with Crippen LogP contribution >= 0.6 is 0 Å². The number of nitrogens with zero attached hydrogens (tertiary/aromatic N) is 1. The summed E-state index contributed by atoms with van der Waals surface area (Å²) in [5.74, 6) is -0.358. The fraction of sp³-hybridized carbons (Fsp3) is 0.0833. The van der Waals surface area contributed by atoms with Crippen LogP contribution in [-0.4, -0.2) is 18.0 Å². The second-order valence-corrected chi connectivity index (χ2v) is 5.11. The fourth-order valence-electron chi connectivity index (χ4n) is 1.55. The molecule has 1 heterocycles. The van der Waals surface area contributed by atoms with Crippen molar-refractivity contribution in [2.75, 3.05) is 0 Å². The van der Waals surface area contributed by atoms with Crippen LogP contribution in [0.1, 0.15) is 5.56 Å². The molecule has 0 aliphatic carbocycles. The highest BCUT2D eigenvalue weighted by molar-refractivity contribution is 7.85. The van der Waals surface area contributed by atoms with Crippen molar-refractivity contribution in [3.8, 4) is 11.1 Å². The summed E-state index contributed by atoms with van der Waals surface area (Å²) in [6, 6.07) is 10.7. The third-order valence-corrected chi connectivity index (χ3v) is 3.01. The Morgan fingerprint density at radius 1 is 0.941 bits per heavy atom. The summed E-state index contributed by atoms with van der Waals surface area (Å²) in [5.41, 5.74) is 2.55. The summed E-state index contributed by atoms with van der Waals surface area (Å²) < 4.78 is 30.1. The number of pyridine rings is 1. The molecule has 1 N–H and O–H groups in total.